The molecule has 1 aliphatic rings. The van der Waals surface area contributed by atoms with Crippen LogP contribution in [0.1, 0.15) is 6.42 Å². The Kier molecular flexibility index (Phi) is 2.79. The lowest BCUT2D eigenvalue weighted by Crippen LogP contribution is -2.53. The first-order chi connectivity index (χ1) is 6.10. The van der Waals surface area contributed by atoms with Gasteiger partial charge in [0.2, 0.25) is 0 Å². The first kappa shape index (κ1) is 9.88. The molecular weight excluding hydrogens is 172 g/mol. The Morgan fingerprint density at radius 2 is 2.31 bits per heavy atom. The van der Waals surface area contributed by atoms with Crippen molar-refractivity contribution in [3.8, 4) is 0 Å². The van der Waals surface area contributed by atoms with Crippen LogP contribution in [0.3, 0.4) is 0 Å². The van der Waals surface area contributed by atoms with E-state index in [1.807, 2.05) is 0 Å². The van der Waals surface area contributed by atoms with E-state index in [1.54, 1.807) is 18.2 Å². The minimum absolute atomic E-state index is 0.154. The van der Waals surface area contributed by atoms with Crippen molar-refractivity contribution >= 4 is 0 Å². The Balaban J connectivity index is 2.86. The monoisotopic (exact) mass is 184 g/mol. The van der Waals surface area contributed by atoms with E-state index in [0.29, 0.717) is 0 Å². The van der Waals surface area contributed by atoms with Gasteiger partial charge >= 0.3 is 0 Å². The Labute approximate surface area is 75.7 Å². The second-order valence-electron chi connectivity index (χ2n) is 3.06. The molecule has 13 heavy (non-hydrogen) atoms. The molecular formula is C8H12N2O3. The molecule has 72 valence electrons. The summed E-state index contributed by atoms with van der Waals surface area (Å²) in [7, 11) is 0. The molecule has 0 spiro atoms. The van der Waals surface area contributed by atoms with Gasteiger partial charge in [-0.15, -0.1) is 0 Å². The summed E-state index contributed by atoms with van der Waals surface area (Å²) < 4.78 is 0. The highest BCUT2D eigenvalue weighted by molar-refractivity contribution is 5.24. The van der Waals surface area contributed by atoms with Gasteiger partial charge in [0.05, 0.1) is 0 Å². The van der Waals surface area contributed by atoms with Crippen LogP contribution < -0.4 is 5.73 Å². The fourth-order valence-electron chi connectivity index (χ4n) is 1.37. The zero-order valence-electron chi connectivity index (χ0n) is 7.09. The van der Waals surface area contributed by atoms with Crippen LogP contribution >= 0.6 is 0 Å². The van der Waals surface area contributed by atoms with Crippen LogP contribution in [0, 0.1) is 10.1 Å². The van der Waals surface area contributed by atoms with Gasteiger partial charge in [0, 0.05) is 11.5 Å². The molecule has 1 aliphatic carbocycles. The number of aliphatic hydroxyl groups excluding tert-OH is 1. The molecule has 0 amide bonds. The maximum Gasteiger partial charge on any atom is 0.252 e. The van der Waals surface area contributed by atoms with Gasteiger partial charge in [0.15, 0.2) is 0 Å². The largest absolute Gasteiger partial charge is 0.396 e. The third-order valence-electron chi connectivity index (χ3n) is 2.13. The van der Waals surface area contributed by atoms with Gasteiger partial charge in [0.1, 0.15) is 5.54 Å². The van der Waals surface area contributed by atoms with Gasteiger partial charge in [-0.25, -0.2) is 0 Å². The molecule has 2 atom stereocenters. The van der Waals surface area contributed by atoms with Gasteiger partial charge in [-0.05, 0) is 12.5 Å². The molecule has 0 saturated carbocycles. The molecule has 5 nitrogen and oxygen atoms in total. The molecule has 0 heterocycles. The Hall–Kier alpha value is -1.20. The molecule has 0 fully saturated rings. The van der Waals surface area contributed by atoms with Crippen molar-refractivity contribution in [1.29, 1.82) is 0 Å². The normalized spacial score (nSPS) is 32.0. The standard InChI is InChI=1S/C8H12N2O3/c9-8(5-6-11)4-2-1-3-7(8)10(12)13/h1-4,7,11H,5-6,9H2. The fourth-order valence-corrected chi connectivity index (χ4v) is 1.37. The molecule has 1 rings (SSSR count). The van der Waals surface area contributed by atoms with Crippen LogP contribution in [0.25, 0.3) is 0 Å². The molecule has 0 aliphatic heterocycles. The molecule has 5 heteroatoms. The van der Waals surface area contributed by atoms with Crippen LogP contribution in [0.15, 0.2) is 24.3 Å². The highest BCUT2D eigenvalue weighted by Crippen LogP contribution is 2.21. The van der Waals surface area contributed by atoms with Crippen molar-refractivity contribution in [2.24, 2.45) is 5.73 Å². The second-order valence-corrected chi connectivity index (χ2v) is 3.06. The average molecular weight is 184 g/mol. The maximum absolute atomic E-state index is 10.6. The first-order valence-corrected chi connectivity index (χ1v) is 3.99. The van der Waals surface area contributed by atoms with E-state index in [-0.39, 0.29) is 13.0 Å². The van der Waals surface area contributed by atoms with E-state index < -0.39 is 16.5 Å². The number of rotatable bonds is 3. The van der Waals surface area contributed by atoms with Crippen LogP contribution in [0.5, 0.6) is 0 Å². The Morgan fingerprint density at radius 3 is 2.85 bits per heavy atom. The van der Waals surface area contributed by atoms with Crippen molar-refractivity contribution in [3.05, 3.63) is 34.4 Å². The minimum atomic E-state index is -1.05. The van der Waals surface area contributed by atoms with Crippen LogP contribution in [-0.2, 0) is 0 Å². The Bertz CT molecular complexity index is 262. The highest BCUT2D eigenvalue weighted by Gasteiger charge is 2.40. The van der Waals surface area contributed by atoms with Gasteiger partial charge in [0.25, 0.3) is 6.04 Å². The third kappa shape index (κ3) is 1.93. The van der Waals surface area contributed by atoms with Gasteiger partial charge < -0.3 is 10.8 Å². The lowest BCUT2D eigenvalue weighted by molar-refractivity contribution is -0.518. The molecule has 0 bridgehead atoms. The van der Waals surface area contributed by atoms with E-state index in [2.05, 4.69) is 0 Å². The average Bonchev–Trinajstić information content (AvgIpc) is 2.04. The van der Waals surface area contributed by atoms with Gasteiger partial charge in [-0.2, -0.15) is 0 Å². The molecule has 0 aromatic heterocycles. The quantitative estimate of drug-likeness (QED) is 0.471. The summed E-state index contributed by atoms with van der Waals surface area (Å²) >= 11 is 0. The van der Waals surface area contributed by atoms with Gasteiger partial charge in [-0.1, -0.05) is 18.2 Å². The maximum atomic E-state index is 10.6. The lowest BCUT2D eigenvalue weighted by atomic mass is 9.85. The van der Waals surface area contributed by atoms with E-state index in [1.165, 1.54) is 6.08 Å². The molecule has 0 radical (unpaired) electrons. The number of hydrogen-bond acceptors (Lipinski definition) is 4. The first-order valence-electron chi connectivity index (χ1n) is 3.99. The van der Waals surface area contributed by atoms with Gasteiger partial charge in [-0.3, -0.25) is 10.1 Å². The third-order valence-corrected chi connectivity index (χ3v) is 2.13. The van der Waals surface area contributed by atoms with Crippen molar-refractivity contribution in [2.75, 3.05) is 6.61 Å². The minimum Gasteiger partial charge on any atom is -0.396 e. The van der Waals surface area contributed by atoms with E-state index in [0.717, 1.165) is 0 Å². The lowest BCUT2D eigenvalue weighted by Gasteiger charge is -2.27. The zero-order chi connectivity index (χ0) is 9.90. The molecule has 0 saturated heterocycles. The summed E-state index contributed by atoms with van der Waals surface area (Å²) in [4.78, 5) is 10.2. The summed E-state index contributed by atoms with van der Waals surface area (Å²) in [5.41, 5.74) is 4.73. The van der Waals surface area contributed by atoms with E-state index >= 15 is 0 Å². The summed E-state index contributed by atoms with van der Waals surface area (Å²) in [6.07, 6.45) is 6.46. The summed E-state index contributed by atoms with van der Waals surface area (Å²) in [5.74, 6) is 0. The fraction of sp³-hybridized carbons (Fsp3) is 0.500. The predicted molar refractivity (Wildman–Crippen MR) is 47.7 cm³/mol. The number of allylic oxidation sites excluding steroid dienone is 2. The van der Waals surface area contributed by atoms with Crippen molar-refractivity contribution in [2.45, 2.75) is 18.0 Å². The number of nitro groups is 1. The number of hydrogen-bond donors (Lipinski definition) is 2. The summed E-state index contributed by atoms with van der Waals surface area (Å²) in [5, 5.41) is 19.3. The van der Waals surface area contributed by atoms with Crippen LogP contribution in [-0.4, -0.2) is 28.2 Å². The van der Waals surface area contributed by atoms with Crippen molar-refractivity contribution in [1.82, 2.24) is 0 Å². The zero-order valence-corrected chi connectivity index (χ0v) is 7.09. The molecule has 0 aromatic rings. The summed E-state index contributed by atoms with van der Waals surface area (Å²) in [6.45, 7) is -0.154. The molecule has 0 aromatic carbocycles. The van der Waals surface area contributed by atoms with Crippen LogP contribution in [0.4, 0.5) is 0 Å². The Morgan fingerprint density at radius 1 is 1.62 bits per heavy atom. The van der Waals surface area contributed by atoms with E-state index in [9.17, 15) is 10.1 Å². The topological polar surface area (TPSA) is 89.4 Å². The predicted octanol–water partition coefficient (Wildman–Crippen LogP) is -0.162. The smallest absolute Gasteiger partial charge is 0.252 e. The second kappa shape index (κ2) is 3.68. The van der Waals surface area contributed by atoms with E-state index in [4.69, 9.17) is 10.8 Å². The van der Waals surface area contributed by atoms with Crippen molar-refractivity contribution in [3.63, 3.8) is 0 Å². The summed E-state index contributed by atoms with van der Waals surface area (Å²) in [6, 6.07) is -0.940. The van der Waals surface area contributed by atoms with Crippen LogP contribution in [0.2, 0.25) is 0 Å². The molecule has 3 N–H and O–H groups in total. The van der Waals surface area contributed by atoms with Crippen molar-refractivity contribution < 1.29 is 10.0 Å². The number of aliphatic hydroxyl groups is 1. The SMILES string of the molecule is NC1(CCO)C=CC=CC1[N+](=O)[O-]. The molecule has 2 unspecified atom stereocenters. The number of nitrogens with two attached hydrogens (primary N) is 1. The number of nitrogens with zero attached hydrogens (tertiary/aromatic N) is 1. The highest BCUT2D eigenvalue weighted by atomic mass is 16.6.